The molecule has 27 heavy (non-hydrogen) atoms. The number of hydrogen-bond donors (Lipinski definition) is 2. The van der Waals surface area contributed by atoms with Gasteiger partial charge in [-0.25, -0.2) is 0 Å². The maximum atomic E-state index is 12.7. The second-order valence-corrected chi connectivity index (χ2v) is 7.39. The summed E-state index contributed by atoms with van der Waals surface area (Å²) in [5, 5.41) is 13.4. The minimum atomic E-state index is -0.578. The number of piperidine rings is 1. The second kappa shape index (κ2) is 7.53. The van der Waals surface area contributed by atoms with Gasteiger partial charge in [-0.3, -0.25) is 9.59 Å². The van der Waals surface area contributed by atoms with Gasteiger partial charge in [0, 0.05) is 31.0 Å². The Balaban J connectivity index is 1.35. The molecule has 140 valence electrons. The Bertz CT molecular complexity index is 828. The van der Waals surface area contributed by atoms with Crippen molar-refractivity contribution in [2.45, 2.75) is 31.4 Å². The Kier molecular flexibility index (Phi) is 4.94. The SMILES string of the molecule is O=C(N[C@H]1c2ccccc2C[C@H]1O)C1CCN(C(=O)c2ccccc2)CC1. The highest BCUT2D eigenvalue weighted by Gasteiger charge is 2.34. The molecular weight excluding hydrogens is 340 g/mol. The number of aliphatic hydroxyl groups excluding tert-OH is 1. The molecule has 1 heterocycles. The Morgan fingerprint density at radius 3 is 2.37 bits per heavy atom. The summed E-state index contributed by atoms with van der Waals surface area (Å²) in [5.74, 6) is -0.123. The molecule has 0 radical (unpaired) electrons. The fourth-order valence-electron chi connectivity index (χ4n) is 4.13. The lowest BCUT2D eigenvalue weighted by atomic mass is 9.94. The van der Waals surface area contributed by atoms with E-state index in [-0.39, 0.29) is 23.8 Å². The van der Waals surface area contributed by atoms with E-state index in [0.717, 1.165) is 11.1 Å². The van der Waals surface area contributed by atoms with Gasteiger partial charge in [0.2, 0.25) is 5.91 Å². The molecule has 4 rings (SSSR count). The number of aliphatic hydroxyl groups is 1. The molecule has 0 aromatic heterocycles. The molecular formula is C22H24N2O3. The van der Waals surface area contributed by atoms with Gasteiger partial charge in [-0.1, -0.05) is 42.5 Å². The number of amides is 2. The van der Waals surface area contributed by atoms with Crippen molar-refractivity contribution in [3.63, 3.8) is 0 Å². The molecule has 0 spiro atoms. The quantitative estimate of drug-likeness (QED) is 0.878. The molecule has 1 aliphatic heterocycles. The molecule has 5 nitrogen and oxygen atoms in total. The molecule has 1 aliphatic carbocycles. The summed E-state index contributed by atoms with van der Waals surface area (Å²) in [7, 11) is 0. The topological polar surface area (TPSA) is 69.6 Å². The predicted octanol–water partition coefficient (Wildman–Crippen LogP) is 2.31. The van der Waals surface area contributed by atoms with E-state index in [1.165, 1.54) is 0 Å². The highest BCUT2D eigenvalue weighted by Crippen LogP contribution is 2.32. The molecule has 1 fully saturated rings. The van der Waals surface area contributed by atoms with Crippen molar-refractivity contribution in [2.75, 3.05) is 13.1 Å². The number of benzene rings is 2. The van der Waals surface area contributed by atoms with Gasteiger partial charge in [-0.05, 0) is 36.1 Å². The Hall–Kier alpha value is -2.66. The average Bonchev–Trinajstić information content (AvgIpc) is 3.03. The molecule has 0 bridgehead atoms. The first-order valence-corrected chi connectivity index (χ1v) is 9.54. The van der Waals surface area contributed by atoms with Crippen molar-refractivity contribution in [2.24, 2.45) is 5.92 Å². The Morgan fingerprint density at radius 1 is 0.963 bits per heavy atom. The number of likely N-dealkylation sites (tertiary alicyclic amines) is 1. The van der Waals surface area contributed by atoms with Crippen LogP contribution in [0.3, 0.4) is 0 Å². The number of hydrogen-bond acceptors (Lipinski definition) is 3. The average molecular weight is 364 g/mol. The van der Waals surface area contributed by atoms with Crippen LogP contribution in [0.4, 0.5) is 0 Å². The summed E-state index contributed by atoms with van der Waals surface area (Å²) >= 11 is 0. The molecule has 2 N–H and O–H groups in total. The Morgan fingerprint density at radius 2 is 1.63 bits per heavy atom. The lowest BCUT2D eigenvalue weighted by Gasteiger charge is -2.32. The third kappa shape index (κ3) is 3.60. The molecule has 0 saturated carbocycles. The zero-order valence-corrected chi connectivity index (χ0v) is 15.2. The van der Waals surface area contributed by atoms with E-state index in [1.54, 1.807) is 0 Å². The molecule has 1 saturated heterocycles. The van der Waals surface area contributed by atoms with Gasteiger partial charge in [0.1, 0.15) is 0 Å². The van der Waals surface area contributed by atoms with Crippen LogP contribution >= 0.6 is 0 Å². The summed E-state index contributed by atoms with van der Waals surface area (Å²) in [6.07, 6.45) is 1.29. The lowest BCUT2D eigenvalue weighted by molar-refractivity contribution is -0.127. The number of rotatable bonds is 3. The molecule has 2 atom stereocenters. The molecule has 2 aromatic rings. The van der Waals surface area contributed by atoms with Crippen LogP contribution in [0.5, 0.6) is 0 Å². The van der Waals surface area contributed by atoms with Crippen molar-refractivity contribution in [1.29, 1.82) is 0 Å². The van der Waals surface area contributed by atoms with Crippen molar-refractivity contribution >= 4 is 11.8 Å². The van der Waals surface area contributed by atoms with E-state index in [2.05, 4.69) is 5.32 Å². The van der Waals surface area contributed by atoms with Crippen molar-refractivity contribution in [3.05, 3.63) is 71.3 Å². The zero-order chi connectivity index (χ0) is 18.8. The maximum Gasteiger partial charge on any atom is 0.253 e. The van der Waals surface area contributed by atoms with Crippen molar-refractivity contribution < 1.29 is 14.7 Å². The highest BCUT2D eigenvalue weighted by molar-refractivity contribution is 5.94. The largest absolute Gasteiger partial charge is 0.390 e. The third-order valence-corrected chi connectivity index (χ3v) is 5.68. The van der Waals surface area contributed by atoms with Crippen LogP contribution in [-0.4, -0.2) is 41.0 Å². The molecule has 5 heteroatoms. The van der Waals surface area contributed by atoms with E-state index >= 15 is 0 Å². The first-order valence-electron chi connectivity index (χ1n) is 9.54. The van der Waals surface area contributed by atoms with E-state index in [0.29, 0.717) is 37.9 Å². The number of fused-ring (bicyclic) bond motifs is 1. The summed E-state index contributed by atoms with van der Waals surface area (Å²) in [5.41, 5.74) is 2.79. The van der Waals surface area contributed by atoms with Gasteiger partial charge in [-0.15, -0.1) is 0 Å². The number of nitrogens with zero attached hydrogens (tertiary/aromatic N) is 1. The number of carbonyl (C=O) groups excluding carboxylic acids is 2. The zero-order valence-electron chi connectivity index (χ0n) is 15.2. The summed E-state index contributed by atoms with van der Waals surface area (Å²) in [6.45, 7) is 1.16. The standard InChI is InChI=1S/C22H24N2O3/c25-19-14-17-8-4-5-9-18(17)20(19)23-21(26)15-10-12-24(13-11-15)22(27)16-6-2-1-3-7-16/h1-9,15,19-20,25H,10-14H2,(H,23,26)/t19-,20+/m1/s1. The predicted molar refractivity (Wildman–Crippen MR) is 102 cm³/mol. The van der Waals surface area contributed by atoms with Crippen LogP contribution in [0.25, 0.3) is 0 Å². The number of carbonyl (C=O) groups is 2. The Labute approximate surface area is 159 Å². The lowest BCUT2D eigenvalue weighted by Crippen LogP contribution is -2.44. The minimum Gasteiger partial charge on any atom is -0.390 e. The van der Waals surface area contributed by atoms with E-state index in [1.807, 2.05) is 59.5 Å². The molecule has 0 unspecified atom stereocenters. The van der Waals surface area contributed by atoms with E-state index in [4.69, 9.17) is 0 Å². The number of nitrogens with one attached hydrogen (secondary N) is 1. The van der Waals surface area contributed by atoms with Gasteiger partial charge in [0.15, 0.2) is 0 Å². The maximum absolute atomic E-state index is 12.7. The fourth-order valence-corrected chi connectivity index (χ4v) is 4.13. The molecule has 2 aliphatic rings. The monoisotopic (exact) mass is 364 g/mol. The summed E-state index contributed by atoms with van der Waals surface area (Å²) in [6, 6.07) is 16.8. The van der Waals surface area contributed by atoms with E-state index in [9.17, 15) is 14.7 Å². The van der Waals surface area contributed by atoms with Gasteiger partial charge >= 0.3 is 0 Å². The first-order chi connectivity index (χ1) is 13.1. The molecule has 2 aromatic carbocycles. The van der Waals surface area contributed by atoms with Gasteiger partial charge < -0.3 is 15.3 Å². The smallest absolute Gasteiger partial charge is 0.253 e. The van der Waals surface area contributed by atoms with Crippen molar-refractivity contribution in [3.8, 4) is 0 Å². The summed E-state index contributed by atoms with van der Waals surface area (Å²) < 4.78 is 0. The van der Waals surface area contributed by atoms with Crippen LogP contribution in [0.15, 0.2) is 54.6 Å². The first kappa shape index (κ1) is 17.7. The fraction of sp³-hybridized carbons (Fsp3) is 0.364. The van der Waals surface area contributed by atoms with Crippen molar-refractivity contribution in [1.82, 2.24) is 10.2 Å². The summed E-state index contributed by atoms with van der Waals surface area (Å²) in [4.78, 5) is 27.1. The van der Waals surface area contributed by atoms with E-state index < -0.39 is 6.10 Å². The minimum absolute atomic E-state index is 0.0228. The van der Waals surface area contributed by atoms with Gasteiger partial charge in [-0.2, -0.15) is 0 Å². The van der Waals surface area contributed by atoms with Crippen LogP contribution in [-0.2, 0) is 11.2 Å². The van der Waals surface area contributed by atoms with Crippen LogP contribution < -0.4 is 5.32 Å². The van der Waals surface area contributed by atoms with Gasteiger partial charge in [0.25, 0.3) is 5.91 Å². The highest BCUT2D eigenvalue weighted by atomic mass is 16.3. The third-order valence-electron chi connectivity index (χ3n) is 5.68. The van der Waals surface area contributed by atoms with Crippen LogP contribution in [0.2, 0.25) is 0 Å². The normalized spacial score (nSPS) is 22.3. The molecule has 2 amide bonds. The van der Waals surface area contributed by atoms with Gasteiger partial charge in [0.05, 0.1) is 12.1 Å². The van der Waals surface area contributed by atoms with Crippen LogP contribution in [0, 0.1) is 5.92 Å². The van der Waals surface area contributed by atoms with Crippen LogP contribution in [0.1, 0.15) is 40.4 Å². The second-order valence-electron chi connectivity index (χ2n) is 7.39.